The number of hydrogen-bond acceptors (Lipinski definition) is 3. The van der Waals surface area contributed by atoms with E-state index in [4.69, 9.17) is 4.74 Å². The highest BCUT2D eigenvalue weighted by Crippen LogP contribution is 2.05. The largest absolute Gasteiger partial charge is 0.468 e. The second kappa shape index (κ2) is 6.00. The molecule has 0 unspecified atom stereocenters. The monoisotopic (exact) mass is 173 g/mol. The summed E-state index contributed by atoms with van der Waals surface area (Å²) in [6.07, 6.45) is 0.814. The summed E-state index contributed by atoms with van der Waals surface area (Å²) in [7, 11) is 1.44. The Hall–Kier alpha value is -0.570. The van der Waals surface area contributed by atoms with Gasteiger partial charge in [0.25, 0.3) is 0 Å². The number of ether oxygens (including phenoxy) is 1. The summed E-state index contributed by atoms with van der Waals surface area (Å²) in [5.41, 5.74) is 0. The molecule has 0 aromatic carbocycles. The molecule has 0 rings (SSSR count). The molecule has 1 atom stereocenters. The van der Waals surface area contributed by atoms with Gasteiger partial charge in [0.1, 0.15) is 6.04 Å². The van der Waals surface area contributed by atoms with Crippen molar-refractivity contribution >= 4 is 5.97 Å². The van der Waals surface area contributed by atoms with Gasteiger partial charge in [-0.25, -0.2) is 0 Å². The van der Waals surface area contributed by atoms with Crippen LogP contribution in [0.25, 0.3) is 0 Å². The summed E-state index contributed by atoms with van der Waals surface area (Å²) in [6, 6.07) is -0.0648. The molecule has 0 radical (unpaired) electrons. The first-order valence-electron chi connectivity index (χ1n) is 4.53. The van der Waals surface area contributed by atoms with Gasteiger partial charge in [0.15, 0.2) is 0 Å². The molecule has 0 spiro atoms. The van der Waals surface area contributed by atoms with E-state index in [0.717, 1.165) is 19.5 Å². The minimum atomic E-state index is -0.124. The molecule has 0 aromatic heterocycles. The zero-order valence-electron chi connectivity index (χ0n) is 8.46. The topological polar surface area (TPSA) is 29.5 Å². The second-order valence-corrected chi connectivity index (χ2v) is 2.67. The molecule has 0 amide bonds. The third-order valence-electron chi connectivity index (χ3n) is 2.11. The van der Waals surface area contributed by atoms with Crippen molar-refractivity contribution in [2.45, 2.75) is 33.2 Å². The first-order valence-corrected chi connectivity index (χ1v) is 4.53. The lowest BCUT2D eigenvalue weighted by atomic mass is 10.2. The molecule has 0 aliphatic heterocycles. The van der Waals surface area contributed by atoms with Crippen molar-refractivity contribution in [3.63, 3.8) is 0 Å². The average Bonchev–Trinajstić information content (AvgIpc) is 2.12. The van der Waals surface area contributed by atoms with E-state index in [1.807, 2.05) is 6.92 Å². The van der Waals surface area contributed by atoms with E-state index in [1.165, 1.54) is 7.11 Å². The van der Waals surface area contributed by atoms with Crippen LogP contribution < -0.4 is 0 Å². The molecular weight excluding hydrogens is 154 g/mol. The molecule has 72 valence electrons. The molecule has 0 bridgehead atoms. The smallest absolute Gasteiger partial charge is 0.323 e. The Kier molecular flexibility index (Phi) is 5.72. The first kappa shape index (κ1) is 11.4. The average molecular weight is 173 g/mol. The standard InChI is InChI=1S/C9H19NO2/c1-5-8(9(11)12-4)10(6-2)7-3/h8H,5-7H2,1-4H3/t8-/m1/s1. The van der Waals surface area contributed by atoms with Gasteiger partial charge in [-0.3, -0.25) is 9.69 Å². The molecule has 0 fully saturated rings. The highest BCUT2D eigenvalue weighted by atomic mass is 16.5. The minimum absolute atomic E-state index is 0.0648. The van der Waals surface area contributed by atoms with Crippen LogP contribution >= 0.6 is 0 Å². The van der Waals surface area contributed by atoms with Gasteiger partial charge in [-0.05, 0) is 19.5 Å². The predicted molar refractivity (Wildman–Crippen MR) is 49.0 cm³/mol. The van der Waals surface area contributed by atoms with Crippen molar-refractivity contribution in [2.75, 3.05) is 20.2 Å². The van der Waals surface area contributed by atoms with Gasteiger partial charge in [-0.1, -0.05) is 20.8 Å². The molecule has 0 saturated carbocycles. The number of methoxy groups -OCH3 is 1. The van der Waals surface area contributed by atoms with Gasteiger partial charge in [0.05, 0.1) is 7.11 Å². The lowest BCUT2D eigenvalue weighted by Gasteiger charge is -2.25. The van der Waals surface area contributed by atoms with E-state index in [2.05, 4.69) is 18.7 Å². The fraction of sp³-hybridized carbons (Fsp3) is 0.889. The molecule has 3 heteroatoms. The van der Waals surface area contributed by atoms with E-state index in [0.29, 0.717) is 0 Å². The minimum Gasteiger partial charge on any atom is -0.468 e. The summed E-state index contributed by atoms with van der Waals surface area (Å²) in [4.78, 5) is 13.3. The molecular formula is C9H19NO2. The molecule has 0 aliphatic carbocycles. The molecule has 0 aliphatic rings. The van der Waals surface area contributed by atoms with Crippen LogP contribution in [0.15, 0.2) is 0 Å². The van der Waals surface area contributed by atoms with E-state index >= 15 is 0 Å². The lowest BCUT2D eigenvalue weighted by Crippen LogP contribution is -2.41. The number of carbonyl (C=O) groups excluding carboxylic acids is 1. The fourth-order valence-electron chi connectivity index (χ4n) is 1.37. The van der Waals surface area contributed by atoms with Crippen molar-refractivity contribution in [2.24, 2.45) is 0 Å². The Balaban J connectivity index is 4.19. The lowest BCUT2D eigenvalue weighted by molar-refractivity contribution is -0.147. The maximum atomic E-state index is 11.2. The zero-order chi connectivity index (χ0) is 9.56. The quantitative estimate of drug-likeness (QED) is 0.586. The first-order chi connectivity index (χ1) is 5.71. The van der Waals surface area contributed by atoms with Crippen LogP contribution in [0.5, 0.6) is 0 Å². The summed E-state index contributed by atoms with van der Waals surface area (Å²) >= 11 is 0. The molecule has 12 heavy (non-hydrogen) atoms. The number of likely N-dealkylation sites (N-methyl/N-ethyl adjacent to an activating group) is 1. The van der Waals surface area contributed by atoms with Crippen molar-refractivity contribution in [1.29, 1.82) is 0 Å². The zero-order valence-corrected chi connectivity index (χ0v) is 8.46. The summed E-state index contributed by atoms with van der Waals surface area (Å²) < 4.78 is 4.71. The Morgan fingerprint density at radius 3 is 2.08 bits per heavy atom. The van der Waals surface area contributed by atoms with Gasteiger partial charge >= 0.3 is 5.97 Å². The van der Waals surface area contributed by atoms with Gasteiger partial charge < -0.3 is 4.74 Å². The maximum absolute atomic E-state index is 11.2. The third-order valence-corrected chi connectivity index (χ3v) is 2.11. The van der Waals surface area contributed by atoms with Crippen LogP contribution in [0, 0.1) is 0 Å². The Morgan fingerprint density at radius 1 is 1.33 bits per heavy atom. The van der Waals surface area contributed by atoms with E-state index < -0.39 is 0 Å². The van der Waals surface area contributed by atoms with Crippen LogP contribution in [-0.2, 0) is 9.53 Å². The van der Waals surface area contributed by atoms with E-state index in [1.54, 1.807) is 0 Å². The van der Waals surface area contributed by atoms with Crippen LogP contribution in [0.1, 0.15) is 27.2 Å². The van der Waals surface area contributed by atoms with Gasteiger partial charge in [-0.2, -0.15) is 0 Å². The molecule has 3 nitrogen and oxygen atoms in total. The molecule has 0 aromatic rings. The normalized spacial score (nSPS) is 13.1. The Morgan fingerprint density at radius 2 is 1.83 bits per heavy atom. The SMILES string of the molecule is CC[C@H](C(=O)OC)N(CC)CC. The van der Waals surface area contributed by atoms with Crippen LogP contribution in [0.4, 0.5) is 0 Å². The number of carbonyl (C=O) groups is 1. The Labute approximate surface area is 74.7 Å². The third kappa shape index (κ3) is 2.81. The van der Waals surface area contributed by atoms with Crippen LogP contribution in [0.3, 0.4) is 0 Å². The van der Waals surface area contributed by atoms with E-state index in [-0.39, 0.29) is 12.0 Å². The molecule has 0 saturated heterocycles. The van der Waals surface area contributed by atoms with Crippen molar-refractivity contribution in [3.05, 3.63) is 0 Å². The predicted octanol–water partition coefficient (Wildman–Crippen LogP) is 1.28. The summed E-state index contributed by atoms with van der Waals surface area (Å²) in [5.74, 6) is -0.124. The van der Waals surface area contributed by atoms with Gasteiger partial charge in [0.2, 0.25) is 0 Å². The second-order valence-electron chi connectivity index (χ2n) is 2.67. The van der Waals surface area contributed by atoms with Gasteiger partial charge in [0, 0.05) is 0 Å². The summed E-state index contributed by atoms with van der Waals surface area (Å²) in [5, 5.41) is 0. The summed E-state index contributed by atoms with van der Waals surface area (Å²) in [6.45, 7) is 7.89. The van der Waals surface area contributed by atoms with Crippen LogP contribution in [-0.4, -0.2) is 37.1 Å². The highest BCUT2D eigenvalue weighted by molar-refractivity contribution is 5.75. The van der Waals surface area contributed by atoms with Crippen molar-refractivity contribution in [3.8, 4) is 0 Å². The van der Waals surface area contributed by atoms with E-state index in [9.17, 15) is 4.79 Å². The number of nitrogens with zero attached hydrogens (tertiary/aromatic N) is 1. The molecule has 0 heterocycles. The Bertz CT molecular complexity index is 132. The number of hydrogen-bond donors (Lipinski definition) is 0. The van der Waals surface area contributed by atoms with Gasteiger partial charge in [-0.15, -0.1) is 0 Å². The van der Waals surface area contributed by atoms with Crippen molar-refractivity contribution < 1.29 is 9.53 Å². The van der Waals surface area contributed by atoms with Crippen molar-refractivity contribution in [1.82, 2.24) is 4.90 Å². The van der Waals surface area contributed by atoms with Crippen LogP contribution in [0.2, 0.25) is 0 Å². The number of rotatable bonds is 5. The fourth-order valence-corrected chi connectivity index (χ4v) is 1.37. The molecule has 0 N–H and O–H groups in total. The highest BCUT2D eigenvalue weighted by Gasteiger charge is 2.21. The number of esters is 1. The maximum Gasteiger partial charge on any atom is 0.323 e.